The molecule has 1 heterocycles. The van der Waals surface area contributed by atoms with Crippen molar-refractivity contribution in [3.63, 3.8) is 0 Å². The molecule has 0 spiro atoms. The average molecular weight is 266 g/mol. The lowest BCUT2D eigenvalue weighted by Crippen LogP contribution is -2.10. The molecule has 2 aromatic rings. The van der Waals surface area contributed by atoms with Gasteiger partial charge in [-0.05, 0) is 37.5 Å². The number of aryl methyl sites for hydroxylation is 2. The van der Waals surface area contributed by atoms with Crippen LogP contribution in [0.5, 0.6) is 0 Å². The zero-order valence-electron chi connectivity index (χ0n) is 12.0. The van der Waals surface area contributed by atoms with Crippen LogP contribution in [0.2, 0.25) is 0 Å². The Hall–Kier alpha value is -2.41. The van der Waals surface area contributed by atoms with E-state index in [2.05, 4.69) is 53.4 Å². The van der Waals surface area contributed by atoms with Gasteiger partial charge in [-0.2, -0.15) is 5.26 Å². The van der Waals surface area contributed by atoms with E-state index in [0.717, 1.165) is 12.1 Å². The average Bonchev–Trinajstić information content (AvgIpc) is 2.46. The molecule has 0 bridgehead atoms. The number of nitrogens with one attached hydrogen (secondary N) is 1. The van der Waals surface area contributed by atoms with Gasteiger partial charge in [-0.15, -0.1) is 0 Å². The molecular weight excluding hydrogens is 248 g/mol. The molecule has 1 aromatic heterocycles. The van der Waals surface area contributed by atoms with Crippen molar-refractivity contribution in [3.8, 4) is 6.07 Å². The minimum absolute atomic E-state index is 0.0919. The molecule has 0 aliphatic heterocycles. The number of hydrogen-bond donors (Lipinski definition) is 1. The van der Waals surface area contributed by atoms with Gasteiger partial charge in [0.25, 0.3) is 0 Å². The molecule has 20 heavy (non-hydrogen) atoms. The van der Waals surface area contributed by atoms with E-state index in [4.69, 9.17) is 5.26 Å². The van der Waals surface area contributed by atoms with Crippen molar-refractivity contribution in [2.24, 2.45) is 0 Å². The largest absolute Gasteiger partial charge is 0.348 e. The lowest BCUT2D eigenvalue weighted by atomic mass is 10.1. The van der Waals surface area contributed by atoms with E-state index in [1.165, 1.54) is 11.1 Å². The first kappa shape index (κ1) is 14.0. The van der Waals surface area contributed by atoms with Gasteiger partial charge in [0, 0.05) is 5.69 Å². The molecular formula is C16H18N4. The number of hydrogen-bond acceptors (Lipinski definition) is 4. The Morgan fingerprint density at radius 1 is 1.25 bits per heavy atom. The second kappa shape index (κ2) is 6.16. The van der Waals surface area contributed by atoms with Gasteiger partial charge in [0.05, 0.1) is 6.04 Å². The topological polar surface area (TPSA) is 61.6 Å². The van der Waals surface area contributed by atoms with Crippen LogP contribution < -0.4 is 5.32 Å². The Morgan fingerprint density at radius 3 is 2.55 bits per heavy atom. The van der Waals surface area contributed by atoms with E-state index < -0.39 is 0 Å². The number of benzene rings is 1. The number of anilines is 1. The predicted molar refractivity (Wildman–Crippen MR) is 79.3 cm³/mol. The smallest absolute Gasteiger partial charge is 0.224 e. The summed E-state index contributed by atoms with van der Waals surface area (Å²) in [6.07, 6.45) is 1.04. The lowest BCUT2D eigenvalue weighted by molar-refractivity contribution is 0.854. The highest BCUT2D eigenvalue weighted by molar-refractivity contribution is 5.36. The summed E-state index contributed by atoms with van der Waals surface area (Å²) in [4.78, 5) is 8.48. The molecule has 0 saturated carbocycles. The molecule has 1 atom stereocenters. The van der Waals surface area contributed by atoms with Crippen LogP contribution >= 0.6 is 0 Å². The molecule has 0 fully saturated rings. The molecule has 1 unspecified atom stereocenters. The molecule has 2 rings (SSSR count). The van der Waals surface area contributed by atoms with Crippen LogP contribution in [0.25, 0.3) is 0 Å². The van der Waals surface area contributed by atoms with E-state index in [0.29, 0.717) is 11.6 Å². The number of rotatable bonds is 4. The molecule has 4 nitrogen and oxygen atoms in total. The summed E-state index contributed by atoms with van der Waals surface area (Å²) in [6.45, 7) is 6.05. The van der Waals surface area contributed by atoms with E-state index >= 15 is 0 Å². The van der Waals surface area contributed by atoms with E-state index in [9.17, 15) is 0 Å². The molecule has 0 amide bonds. The fourth-order valence-corrected chi connectivity index (χ4v) is 2.01. The summed E-state index contributed by atoms with van der Waals surface area (Å²) >= 11 is 0. The first-order chi connectivity index (χ1) is 9.62. The van der Waals surface area contributed by atoms with Crippen molar-refractivity contribution in [3.05, 3.63) is 52.8 Å². The van der Waals surface area contributed by atoms with Gasteiger partial charge in [0.2, 0.25) is 5.95 Å². The summed E-state index contributed by atoms with van der Waals surface area (Å²) in [5, 5.41) is 12.2. The van der Waals surface area contributed by atoms with Gasteiger partial charge in [0.1, 0.15) is 11.8 Å². The second-order valence-corrected chi connectivity index (χ2v) is 4.79. The maximum Gasteiger partial charge on any atom is 0.224 e. The normalized spacial score (nSPS) is 11.7. The Bertz CT molecular complexity index is 626. The van der Waals surface area contributed by atoms with Crippen LogP contribution in [-0.4, -0.2) is 9.97 Å². The quantitative estimate of drug-likeness (QED) is 0.921. The number of nitrogens with zero attached hydrogens (tertiary/aromatic N) is 3. The van der Waals surface area contributed by atoms with Gasteiger partial charge in [-0.1, -0.05) is 31.2 Å². The van der Waals surface area contributed by atoms with Crippen LogP contribution in [0.4, 0.5) is 5.95 Å². The van der Waals surface area contributed by atoms with Crippen LogP contribution in [0, 0.1) is 18.3 Å². The van der Waals surface area contributed by atoms with Crippen molar-refractivity contribution in [1.82, 2.24) is 9.97 Å². The van der Waals surface area contributed by atoms with E-state index in [1.54, 1.807) is 6.07 Å². The molecule has 0 aliphatic carbocycles. The Balaban J connectivity index is 2.16. The first-order valence-corrected chi connectivity index (χ1v) is 6.73. The van der Waals surface area contributed by atoms with Gasteiger partial charge < -0.3 is 5.32 Å². The Kier molecular flexibility index (Phi) is 4.31. The van der Waals surface area contributed by atoms with Crippen molar-refractivity contribution < 1.29 is 0 Å². The van der Waals surface area contributed by atoms with Crippen LogP contribution in [0.1, 0.15) is 42.4 Å². The van der Waals surface area contributed by atoms with Crippen LogP contribution in [0.15, 0.2) is 30.3 Å². The van der Waals surface area contributed by atoms with Crippen molar-refractivity contribution >= 4 is 5.95 Å². The first-order valence-electron chi connectivity index (χ1n) is 6.73. The minimum atomic E-state index is 0.0919. The van der Waals surface area contributed by atoms with E-state index in [-0.39, 0.29) is 6.04 Å². The molecule has 1 N–H and O–H groups in total. The minimum Gasteiger partial charge on any atom is -0.348 e. The predicted octanol–water partition coefficient (Wildman–Crippen LogP) is 3.39. The molecule has 4 heteroatoms. The van der Waals surface area contributed by atoms with Crippen molar-refractivity contribution in [1.29, 1.82) is 5.26 Å². The highest BCUT2D eigenvalue weighted by Gasteiger charge is 2.08. The summed E-state index contributed by atoms with van der Waals surface area (Å²) in [5.74, 6) is 0.494. The Morgan fingerprint density at radius 2 is 1.95 bits per heavy atom. The van der Waals surface area contributed by atoms with Crippen molar-refractivity contribution in [2.45, 2.75) is 33.2 Å². The van der Waals surface area contributed by atoms with Gasteiger partial charge >= 0.3 is 0 Å². The molecule has 0 radical (unpaired) electrons. The summed E-state index contributed by atoms with van der Waals surface area (Å²) in [6, 6.07) is 12.3. The third kappa shape index (κ3) is 3.33. The standard InChI is InChI=1S/C16H18N4/c1-4-13-5-7-14(8-6-13)12(3)19-16-18-11(2)9-15(10-17)20-16/h5-9,12H,4H2,1-3H3,(H,18,19,20). The summed E-state index contributed by atoms with van der Waals surface area (Å²) < 4.78 is 0. The van der Waals surface area contributed by atoms with Gasteiger partial charge in [-0.25, -0.2) is 9.97 Å². The third-order valence-corrected chi connectivity index (χ3v) is 3.20. The monoisotopic (exact) mass is 266 g/mol. The maximum absolute atomic E-state index is 8.93. The maximum atomic E-state index is 8.93. The zero-order chi connectivity index (χ0) is 14.5. The highest BCUT2D eigenvalue weighted by atomic mass is 15.1. The van der Waals surface area contributed by atoms with Crippen LogP contribution in [0.3, 0.4) is 0 Å². The van der Waals surface area contributed by atoms with Gasteiger partial charge in [-0.3, -0.25) is 0 Å². The third-order valence-electron chi connectivity index (χ3n) is 3.20. The van der Waals surface area contributed by atoms with Gasteiger partial charge in [0.15, 0.2) is 0 Å². The molecule has 0 aliphatic rings. The Labute approximate surface area is 119 Å². The zero-order valence-corrected chi connectivity index (χ0v) is 12.0. The van der Waals surface area contributed by atoms with Crippen molar-refractivity contribution in [2.75, 3.05) is 5.32 Å². The number of nitriles is 1. The molecule has 102 valence electrons. The highest BCUT2D eigenvalue weighted by Crippen LogP contribution is 2.18. The lowest BCUT2D eigenvalue weighted by Gasteiger charge is -2.15. The van der Waals surface area contributed by atoms with E-state index in [1.807, 2.05) is 13.0 Å². The second-order valence-electron chi connectivity index (χ2n) is 4.79. The number of aromatic nitrogens is 2. The SMILES string of the molecule is CCc1ccc(C(C)Nc2nc(C)cc(C#N)n2)cc1. The molecule has 0 saturated heterocycles. The fourth-order valence-electron chi connectivity index (χ4n) is 2.01. The fraction of sp³-hybridized carbons (Fsp3) is 0.312. The van der Waals surface area contributed by atoms with Crippen LogP contribution in [-0.2, 0) is 6.42 Å². The molecule has 1 aromatic carbocycles. The summed E-state index contributed by atoms with van der Waals surface area (Å²) in [5.41, 5.74) is 3.66. The summed E-state index contributed by atoms with van der Waals surface area (Å²) in [7, 11) is 0.